The van der Waals surface area contributed by atoms with Crippen LogP contribution in [-0.4, -0.2) is 27.7 Å². The molecule has 0 saturated heterocycles. The van der Waals surface area contributed by atoms with Gasteiger partial charge in [-0.25, -0.2) is 9.78 Å². The van der Waals surface area contributed by atoms with Gasteiger partial charge in [-0.1, -0.05) is 12.1 Å². The van der Waals surface area contributed by atoms with E-state index in [9.17, 15) is 4.79 Å². The maximum Gasteiger partial charge on any atom is 0.354 e. The summed E-state index contributed by atoms with van der Waals surface area (Å²) in [4.78, 5) is 16.1. The molecule has 0 saturated carbocycles. The fourth-order valence-electron chi connectivity index (χ4n) is 2.25. The van der Waals surface area contributed by atoms with Crippen molar-refractivity contribution in [2.45, 2.75) is 13.8 Å². The molecule has 7 heteroatoms. The summed E-state index contributed by atoms with van der Waals surface area (Å²) in [6.45, 7) is 3.70. The molecule has 0 aliphatic rings. The monoisotopic (exact) mass is 448 g/mol. The Morgan fingerprint density at radius 1 is 1.24 bits per heavy atom. The van der Waals surface area contributed by atoms with Crippen molar-refractivity contribution in [2.75, 3.05) is 12.0 Å². The van der Waals surface area contributed by atoms with Crippen molar-refractivity contribution in [3.8, 4) is 11.3 Å². The Labute approximate surface area is 159 Å². The molecule has 0 spiro atoms. The average molecular weight is 448 g/mol. The lowest BCUT2D eigenvalue weighted by Crippen LogP contribution is -2.15. The lowest BCUT2D eigenvalue weighted by Gasteiger charge is -2.04. The summed E-state index contributed by atoms with van der Waals surface area (Å²) in [6.07, 6.45) is 4.04. The number of fused-ring (bicyclic) bond motifs is 1. The first-order chi connectivity index (χ1) is 12.1. The Morgan fingerprint density at radius 2 is 2.00 bits per heavy atom. The molecule has 25 heavy (non-hydrogen) atoms. The lowest BCUT2D eigenvalue weighted by atomic mass is 10.1. The van der Waals surface area contributed by atoms with Gasteiger partial charge in [0.25, 0.3) is 0 Å². The maximum absolute atomic E-state index is 11.5. The molecule has 2 heterocycles. The van der Waals surface area contributed by atoms with Gasteiger partial charge in [0.2, 0.25) is 0 Å². The van der Waals surface area contributed by atoms with Crippen LogP contribution in [0.2, 0.25) is 0 Å². The van der Waals surface area contributed by atoms with E-state index < -0.39 is 5.97 Å². The van der Waals surface area contributed by atoms with Crippen LogP contribution in [-0.2, 0) is 9.53 Å². The number of hydrazone groups is 1. The summed E-state index contributed by atoms with van der Waals surface area (Å²) in [7, 11) is 0. The Balaban J connectivity index is 1.75. The molecule has 0 radical (unpaired) electrons. The maximum atomic E-state index is 11.5. The number of carbonyl (C=O) groups is 1. The standard InChI is InChI=1S/C18H17IN4O2/c1-3-25-18(24)12(2)21-22-15-7-4-13(5-8-15)16-11-23-10-14(19)6-9-17(23)20-16/h4-11,22H,3H2,1-2H3. The van der Waals surface area contributed by atoms with E-state index in [1.165, 1.54) is 0 Å². The molecule has 1 aromatic carbocycles. The first kappa shape index (κ1) is 17.4. The number of anilines is 1. The highest BCUT2D eigenvalue weighted by molar-refractivity contribution is 14.1. The number of nitrogens with zero attached hydrogens (tertiary/aromatic N) is 3. The van der Waals surface area contributed by atoms with Crippen LogP contribution >= 0.6 is 22.6 Å². The second-order valence-corrected chi connectivity index (χ2v) is 6.59. The largest absolute Gasteiger partial charge is 0.461 e. The number of hydrogen-bond acceptors (Lipinski definition) is 5. The van der Waals surface area contributed by atoms with Gasteiger partial charge in [-0.05, 0) is 60.7 Å². The van der Waals surface area contributed by atoms with Crippen LogP contribution in [0, 0.1) is 3.57 Å². The van der Waals surface area contributed by atoms with Crippen molar-refractivity contribution in [3.05, 3.63) is 52.4 Å². The summed E-state index contributed by atoms with van der Waals surface area (Å²) in [5.74, 6) is -0.425. The normalized spacial score (nSPS) is 11.6. The van der Waals surface area contributed by atoms with Gasteiger partial charge < -0.3 is 9.14 Å². The molecule has 0 atom stereocenters. The minimum atomic E-state index is -0.425. The molecule has 0 fully saturated rings. The molecule has 0 bridgehead atoms. The van der Waals surface area contributed by atoms with Gasteiger partial charge >= 0.3 is 5.97 Å². The Kier molecular flexibility index (Phi) is 5.32. The first-order valence-corrected chi connectivity index (χ1v) is 8.87. The number of halogens is 1. The number of nitrogens with one attached hydrogen (secondary N) is 1. The molecule has 0 aliphatic carbocycles. The molecule has 0 aliphatic heterocycles. The third-order valence-corrected chi connectivity index (χ3v) is 4.16. The summed E-state index contributed by atoms with van der Waals surface area (Å²) in [5, 5.41) is 4.03. The molecule has 0 unspecified atom stereocenters. The molecule has 3 aromatic rings. The van der Waals surface area contributed by atoms with Crippen LogP contribution in [0.3, 0.4) is 0 Å². The van der Waals surface area contributed by atoms with Crippen molar-refractivity contribution in [2.24, 2.45) is 5.10 Å². The van der Waals surface area contributed by atoms with Crippen LogP contribution in [0.4, 0.5) is 5.69 Å². The smallest absolute Gasteiger partial charge is 0.354 e. The quantitative estimate of drug-likeness (QED) is 0.278. The van der Waals surface area contributed by atoms with E-state index in [0.29, 0.717) is 6.61 Å². The minimum absolute atomic E-state index is 0.279. The van der Waals surface area contributed by atoms with Gasteiger partial charge in [-0.15, -0.1) is 0 Å². The molecule has 1 N–H and O–H groups in total. The van der Waals surface area contributed by atoms with E-state index in [2.05, 4.69) is 38.1 Å². The predicted molar refractivity (Wildman–Crippen MR) is 107 cm³/mol. The molecular formula is C18H17IN4O2. The van der Waals surface area contributed by atoms with Crippen LogP contribution in [0.25, 0.3) is 16.9 Å². The number of benzene rings is 1. The summed E-state index contributed by atoms with van der Waals surface area (Å²) >= 11 is 2.28. The van der Waals surface area contributed by atoms with Crippen molar-refractivity contribution >= 4 is 45.6 Å². The summed E-state index contributed by atoms with van der Waals surface area (Å²) < 4.78 is 8.05. The van der Waals surface area contributed by atoms with Gasteiger partial charge in [0.1, 0.15) is 11.4 Å². The molecule has 2 aromatic heterocycles. The van der Waals surface area contributed by atoms with Gasteiger partial charge in [-0.2, -0.15) is 5.10 Å². The number of hydrogen-bond donors (Lipinski definition) is 1. The fourth-order valence-corrected chi connectivity index (χ4v) is 2.73. The lowest BCUT2D eigenvalue weighted by molar-refractivity contribution is -0.135. The van der Waals surface area contributed by atoms with Crippen LogP contribution < -0.4 is 5.43 Å². The summed E-state index contributed by atoms with van der Waals surface area (Å²) in [6, 6.07) is 11.7. The van der Waals surface area contributed by atoms with Gasteiger partial charge in [0.15, 0.2) is 0 Å². The highest BCUT2D eigenvalue weighted by atomic mass is 127. The molecule has 0 amide bonds. The van der Waals surface area contributed by atoms with E-state index in [0.717, 1.165) is 26.2 Å². The minimum Gasteiger partial charge on any atom is -0.461 e. The zero-order valence-corrected chi connectivity index (χ0v) is 16.0. The second kappa shape index (κ2) is 7.64. The number of aromatic nitrogens is 2. The van der Waals surface area contributed by atoms with Crippen molar-refractivity contribution < 1.29 is 9.53 Å². The SMILES string of the molecule is CCOC(=O)C(C)=NNc1ccc(-c2cn3cc(I)ccc3n2)cc1. The van der Waals surface area contributed by atoms with E-state index in [1.54, 1.807) is 13.8 Å². The van der Waals surface area contributed by atoms with E-state index >= 15 is 0 Å². The van der Waals surface area contributed by atoms with E-state index in [1.807, 2.05) is 53.2 Å². The van der Waals surface area contributed by atoms with Crippen molar-refractivity contribution in [1.29, 1.82) is 0 Å². The van der Waals surface area contributed by atoms with Gasteiger partial charge in [-0.3, -0.25) is 5.43 Å². The third kappa shape index (κ3) is 4.16. The van der Waals surface area contributed by atoms with Gasteiger partial charge in [0.05, 0.1) is 18.0 Å². The molecule has 6 nitrogen and oxygen atoms in total. The molecule has 128 valence electrons. The van der Waals surface area contributed by atoms with Crippen LogP contribution in [0.1, 0.15) is 13.8 Å². The Morgan fingerprint density at radius 3 is 2.72 bits per heavy atom. The topological polar surface area (TPSA) is 68.0 Å². The highest BCUT2D eigenvalue weighted by Gasteiger charge is 2.07. The van der Waals surface area contributed by atoms with E-state index in [4.69, 9.17) is 4.74 Å². The van der Waals surface area contributed by atoms with Crippen LogP contribution in [0.5, 0.6) is 0 Å². The molecule has 3 rings (SSSR count). The average Bonchev–Trinajstić information content (AvgIpc) is 3.03. The zero-order chi connectivity index (χ0) is 17.8. The third-order valence-electron chi connectivity index (χ3n) is 3.52. The first-order valence-electron chi connectivity index (χ1n) is 7.79. The Hall–Kier alpha value is -2.42. The number of pyridine rings is 1. The Bertz CT molecular complexity index is 932. The van der Waals surface area contributed by atoms with Gasteiger partial charge in [0, 0.05) is 21.5 Å². The molecular weight excluding hydrogens is 431 g/mol. The summed E-state index contributed by atoms with van der Waals surface area (Å²) in [5.41, 5.74) is 6.74. The second-order valence-electron chi connectivity index (χ2n) is 5.35. The fraction of sp³-hybridized carbons (Fsp3) is 0.167. The van der Waals surface area contributed by atoms with Crippen molar-refractivity contribution in [3.63, 3.8) is 0 Å². The number of carbonyl (C=O) groups excluding carboxylic acids is 1. The van der Waals surface area contributed by atoms with Crippen molar-refractivity contribution in [1.82, 2.24) is 9.38 Å². The zero-order valence-electron chi connectivity index (χ0n) is 13.9. The highest BCUT2D eigenvalue weighted by Crippen LogP contribution is 2.22. The number of ether oxygens (including phenoxy) is 1. The van der Waals surface area contributed by atoms with Crippen LogP contribution in [0.15, 0.2) is 53.9 Å². The number of rotatable bonds is 5. The number of esters is 1. The predicted octanol–water partition coefficient (Wildman–Crippen LogP) is 3.96. The van der Waals surface area contributed by atoms with E-state index in [-0.39, 0.29) is 5.71 Å². The number of imidazole rings is 1.